The van der Waals surface area contributed by atoms with Crippen LogP contribution < -0.4 is 5.32 Å². The lowest BCUT2D eigenvalue weighted by Gasteiger charge is -2.37. The molecule has 1 fully saturated rings. The second-order valence-corrected chi connectivity index (χ2v) is 5.46. The van der Waals surface area contributed by atoms with Gasteiger partial charge in [-0.25, -0.2) is 4.39 Å². The summed E-state index contributed by atoms with van der Waals surface area (Å²) < 4.78 is 18.5. The first kappa shape index (κ1) is 13.8. The van der Waals surface area contributed by atoms with Gasteiger partial charge in [-0.2, -0.15) is 0 Å². The Kier molecular flexibility index (Phi) is 4.60. The smallest absolute Gasteiger partial charge is 0.124 e. The van der Waals surface area contributed by atoms with Crippen molar-refractivity contribution in [1.29, 1.82) is 0 Å². The summed E-state index contributed by atoms with van der Waals surface area (Å²) in [5.41, 5.74) is 1.20. The maximum atomic E-state index is 13.1. The molecule has 0 radical (unpaired) electrons. The Balaban J connectivity index is 2.17. The van der Waals surface area contributed by atoms with Crippen LogP contribution in [0.3, 0.4) is 0 Å². The summed E-state index contributed by atoms with van der Waals surface area (Å²) >= 11 is 6.12. The molecule has 0 bridgehead atoms. The van der Waals surface area contributed by atoms with Crippen LogP contribution in [0.5, 0.6) is 0 Å². The lowest BCUT2D eigenvalue weighted by atomic mass is 9.75. The van der Waals surface area contributed by atoms with E-state index in [9.17, 15) is 4.39 Å². The van der Waals surface area contributed by atoms with Crippen LogP contribution in [0, 0.1) is 11.2 Å². The van der Waals surface area contributed by atoms with Gasteiger partial charge < -0.3 is 10.1 Å². The minimum absolute atomic E-state index is 0.175. The third kappa shape index (κ3) is 3.22. The van der Waals surface area contributed by atoms with Crippen LogP contribution >= 0.6 is 11.6 Å². The summed E-state index contributed by atoms with van der Waals surface area (Å²) in [4.78, 5) is 0. The quantitative estimate of drug-likeness (QED) is 0.909. The molecule has 0 aliphatic carbocycles. The second-order valence-electron chi connectivity index (χ2n) is 5.06. The third-order valence-corrected chi connectivity index (χ3v) is 4.04. The van der Waals surface area contributed by atoms with Crippen LogP contribution in [0.1, 0.15) is 18.4 Å². The van der Waals surface area contributed by atoms with Crippen LogP contribution in [0.25, 0.3) is 0 Å². The van der Waals surface area contributed by atoms with Gasteiger partial charge in [0.2, 0.25) is 0 Å². The molecule has 1 aliphatic rings. The van der Waals surface area contributed by atoms with E-state index in [1.165, 1.54) is 12.1 Å². The summed E-state index contributed by atoms with van der Waals surface area (Å²) in [6.07, 6.45) is 2.90. The molecule has 2 nitrogen and oxygen atoms in total. The maximum Gasteiger partial charge on any atom is 0.124 e. The molecule has 1 heterocycles. The van der Waals surface area contributed by atoms with E-state index in [-0.39, 0.29) is 11.2 Å². The molecule has 1 saturated heterocycles. The Bertz CT molecular complexity index is 399. The molecule has 4 heteroatoms. The Morgan fingerprint density at radius 3 is 2.72 bits per heavy atom. The van der Waals surface area contributed by atoms with Crippen molar-refractivity contribution in [1.82, 2.24) is 5.32 Å². The van der Waals surface area contributed by atoms with Gasteiger partial charge in [0.05, 0.1) is 0 Å². The highest BCUT2D eigenvalue weighted by molar-refractivity contribution is 6.31. The minimum atomic E-state index is -0.279. The monoisotopic (exact) mass is 271 g/mol. The fourth-order valence-corrected chi connectivity index (χ4v) is 2.90. The molecule has 1 aromatic carbocycles. The van der Waals surface area contributed by atoms with Crippen LogP contribution in [0.4, 0.5) is 4.39 Å². The summed E-state index contributed by atoms with van der Waals surface area (Å²) in [7, 11) is 1.96. The topological polar surface area (TPSA) is 21.3 Å². The minimum Gasteiger partial charge on any atom is -0.381 e. The van der Waals surface area contributed by atoms with Gasteiger partial charge in [0.1, 0.15) is 5.82 Å². The summed E-state index contributed by atoms with van der Waals surface area (Å²) in [6.45, 7) is 2.52. The number of hydrogen-bond donors (Lipinski definition) is 1. The fraction of sp³-hybridized carbons (Fsp3) is 0.571. The SMILES string of the molecule is CNCC1(Cc2ccc(F)cc2Cl)CCOCC1. The Morgan fingerprint density at radius 2 is 2.11 bits per heavy atom. The standard InChI is InChI=1S/C14H19ClFNO/c1-17-10-14(4-6-18-7-5-14)9-11-2-3-12(16)8-13(11)15/h2-3,8,17H,4-7,9-10H2,1H3. The highest BCUT2D eigenvalue weighted by Gasteiger charge is 2.32. The van der Waals surface area contributed by atoms with E-state index in [0.29, 0.717) is 5.02 Å². The van der Waals surface area contributed by atoms with Gasteiger partial charge >= 0.3 is 0 Å². The van der Waals surface area contributed by atoms with Crippen molar-refractivity contribution < 1.29 is 9.13 Å². The van der Waals surface area contributed by atoms with Gasteiger partial charge in [0.15, 0.2) is 0 Å². The van der Waals surface area contributed by atoms with Crippen LogP contribution in [0.15, 0.2) is 18.2 Å². The molecule has 100 valence electrons. The predicted octanol–water partition coefficient (Wildman–Crippen LogP) is 3.04. The molecule has 1 N–H and O–H groups in total. The Hall–Kier alpha value is -0.640. The van der Waals surface area contributed by atoms with Gasteiger partial charge in [-0.3, -0.25) is 0 Å². The van der Waals surface area contributed by atoms with Crippen molar-refractivity contribution in [3.8, 4) is 0 Å². The van der Waals surface area contributed by atoms with Crippen LogP contribution in [-0.4, -0.2) is 26.8 Å². The van der Waals surface area contributed by atoms with Crippen molar-refractivity contribution in [2.45, 2.75) is 19.3 Å². The van der Waals surface area contributed by atoms with Crippen LogP contribution in [-0.2, 0) is 11.2 Å². The maximum absolute atomic E-state index is 13.1. The number of hydrogen-bond acceptors (Lipinski definition) is 2. The number of ether oxygens (including phenoxy) is 1. The van der Waals surface area contributed by atoms with Gasteiger partial charge in [-0.1, -0.05) is 17.7 Å². The van der Waals surface area contributed by atoms with E-state index < -0.39 is 0 Å². The molecule has 1 aliphatic heterocycles. The number of benzene rings is 1. The molecule has 0 amide bonds. The highest BCUT2D eigenvalue weighted by Crippen LogP contribution is 2.35. The Morgan fingerprint density at radius 1 is 1.39 bits per heavy atom. The van der Waals surface area contributed by atoms with Crippen molar-refractivity contribution in [3.05, 3.63) is 34.6 Å². The van der Waals surface area contributed by atoms with Crippen molar-refractivity contribution in [3.63, 3.8) is 0 Å². The van der Waals surface area contributed by atoms with Gasteiger partial charge in [0, 0.05) is 24.8 Å². The van der Waals surface area contributed by atoms with E-state index in [1.54, 1.807) is 6.07 Å². The summed E-state index contributed by atoms with van der Waals surface area (Å²) in [5, 5.41) is 3.78. The molecule has 0 saturated carbocycles. The normalized spacial score (nSPS) is 18.8. The molecule has 1 aromatic rings. The predicted molar refractivity (Wildman–Crippen MR) is 71.5 cm³/mol. The highest BCUT2D eigenvalue weighted by atomic mass is 35.5. The first-order chi connectivity index (χ1) is 8.65. The molecule has 0 unspecified atom stereocenters. The second kappa shape index (κ2) is 6.00. The summed E-state index contributed by atoms with van der Waals surface area (Å²) in [5.74, 6) is -0.279. The Labute approximate surface area is 112 Å². The average molecular weight is 272 g/mol. The molecule has 0 spiro atoms. The molecule has 0 atom stereocenters. The van der Waals surface area contributed by atoms with Gasteiger partial charge in [-0.15, -0.1) is 0 Å². The number of halogens is 2. The molecule has 2 rings (SSSR count). The molecular formula is C14H19ClFNO. The van der Waals surface area contributed by atoms with Crippen LogP contribution in [0.2, 0.25) is 5.02 Å². The van der Waals surface area contributed by atoms with E-state index in [2.05, 4.69) is 5.32 Å². The van der Waals surface area contributed by atoms with Crippen molar-refractivity contribution in [2.75, 3.05) is 26.8 Å². The average Bonchev–Trinajstić information content (AvgIpc) is 2.34. The van der Waals surface area contributed by atoms with E-state index in [1.807, 2.05) is 7.05 Å². The number of nitrogens with one attached hydrogen (secondary N) is 1. The third-order valence-electron chi connectivity index (χ3n) is 3.69. The van der Waals surface area contributed by atoms with E-state index >= 15 is 0 Å². The first-order valence-corrected chi connectivity index (χ1v) is 6.69. The zero-order valence-corrected chi connectivity index (χ0v) is 11.4. The number of rotatable bonds is 4. The zero-order valence-electron chi connectivity index (χ0n) is 10.6. The molecular weight excluding hydrogens is 253 g/mol. The van der Waals surface area contributed by atoms with E-state index in [4.69, 9.17) is 16.3 Å². The van der Waals surface area contributed by atoms with E-state index in [0.717, 1.165) is 44.6 Å². The summed E-state index contributed by atoms with van der Waals surface area (Å²) in [6, 6.07) is 4.67. The lowest BCUT2D eigenvalue weighted by Crippen LogP contribution is -2.39. The zero-order chi connectivity index (χ0) is 13.0. The van der Waals surface area contributed by atoms with Gasteiger partial charge in [0.25, 0.3) is 0 Å². The molecule has 0 aromatic heterocycles. The van der Waals surface area contributed by atoms with Crippen molar-refractivity contribution >= 4 is 11.6 Å². The molecule has 18 heavy (non-hydrogen) atoms. The lowest BCUT2D eigenvalue weighted by molar-refractivity contribution is 0.0158. The largest absolute Gasteiger partial charge is 0.381 e. The van der Waals surface area contributed by atoms with Crippen molar-refractivity contribution in [2.24, 2.45) is 5.41 Å². The van der Waals surface area contributed by atoms with Gasteiger partial charge in [-0.05, 0) is 49.4 Å². The fourth-order valence-electron chi connectivity index (χ4n) is 2.66. The first-order valence-electron chi connectivity index (χ1n) is 6.31.